The van der Waals surface area contributed by atoms with Crippen LogP contribution in [0.25, 0.3) is 0 Å². The largest absolute Gasteiger partial charge is 0.497 e. The number of ether oxygens (including phenoxy) is 1. The van der Waals surface area contributed by atoms with Crippen LogP contribution in [0, 0.1) is 12.8 Å². The Morgan fingerprint density at radius 1 is 1.41 bits per heavy atom. The van der Waals surface area contributed by atoms with Crippen LogP contribution in [0.3, 0.4) is 0 Å². The molecule has 0 saturated carbocycles. The zero-order chi connectivity index (χ0) is 20.4. The van der Waals surface area contributed by atoms with Crippen LogP contribution < -0.4 is 10.1 Å². The molecule has 1 N–H and O–H groups in total. The molecule has 1 atom stereocenters. The molecule has 4 rings (SSSR count). The third-order valence-corrected chi connectivity index (χ3v) is 5.29. The number of methoxy groups -OCH3 is 1. The van der Waals surface area contributed by atoms with Gasteiger partial charge in [-0.05, 0) is 19.1 Å². The molecule has 2 aromatic heterocycles. The fourth-order valence-electron chi connectivity index (χ4n) is 3.61. The van der Waals surface area contributed by atoms with Gasteiger partial charge in [0.15, 0.2) is 5.82 Å². The van der Waals surface area contributed by atoms with Gasteiger partial charge in [0.25, 0.3) is 0 Å². The van der Waals surface area contributed by atoms with Crippen molar-refractivity contribution >= 4 is 17.4 Å². The van der Waals surface area contributed by atoms with E-state index in [9.17, 15) is 4.79 Å². The number of benzene rings is 1. The second kappa shape index (κ2) is 7.98. The summed E-state index contributed by atoms with van der Waals surface area (Å²) in [5.74, 6) is 3.12. The molecular weight excluding hydrogens is 370 g/mol. The highest BCUT2D eigenvalue weighted by Gasteiger charge is 2.29. The molecule has 0 aliphatic carbocycles. The van der Waals surface area contributed by atoms with Gasteiger partial charge >= 0.3 is 0 Å². The Morgan fingerprint density at radius 3 is 3.03 bits per heavy atom. The van der Waals surface area contributed by atoms with Crippen molar-refractivity contribution in [3.63, 3.8) is 0 Å². The van der Waals surface area contributed by atoms with Gasteiger partial charge in [-0.3, -0.25) is 4.79 Å². The molecule has 8 heteroatoms. The van der Waals surface area contributed by atoms with Gasteiger partial charge in [0.05, 0.1) is 25.1 Å². The van der Waals surface area contributed by atoms with E-state index < -0.39 is 0 Å². The zero-order valence-corrected chi connectivity index (χ0v) is 16.9. The fraction of sp³-hybridized carbons (Fsp3) is 0.381. The van der Waals surface area contributed by atoms with Crippen LogP contribution in [0.5, 0.6) is 5.75 Å². The first-order valence-corrected chi connectivity index (χ1v) is 9.70. The minimum Gasteiger partial charge on any atom is -0.497 e. The van der Waals surface area contributed by atoms with Crippen molar-refractivity contribution in [3.8, 4) is 5.75 Å². The maximum atomic E-state index is 13.0. The average molecular weight is 395 g/mol. The highest BCUT2D eigenvalue weighted by atomic mass is 16.5. The SMILES string of the molecule is COc1cccc(Nc2noc3c2CN(C(=O)C(C)Cn2ccnc2C)CC3)c1. The smallest absolute Gasteiger partial charge is 0.227 e. The van der Waals surface area contributed by atoms with Crippen LogP contribution in [-0.4, -0.2) is 39.2 Å². The second-order valence-corrected chi connectivity index (χ2v) is 7.33. The van der Waals surface area contributed by atoms with Gasteiger partial charge in [-0.2, -0.15) is 0 Å². The van der Waals surface area contributed by atoms with Crippen molar-refractivity contribution in [1.82, 2.24) is 19.6 Å². The molecule has 29 heavy (non-hydrogen) atoms. The van der Waals surface area contributed by atoms with Crippen LogP contribution in [0.15, 0.2) is 41.2 Å². The zero-order valence-electron chi connectivity index (χ0n) is 16.9. The monoisotopic (exact) mass is 395 g/mol. The van der Waals surface area contributed by atoms with Crippen molar-refractivity contribution in [1.29, 1.82) is 0 Å². The van der Waals surface area contributed by atoms with E-state index in [1.54, 1.807) is 13.3 Å². The number of aromatic nitrogens is 3. The number of hydrogen-bond donors (Lipinski definition) is 1. The lowest BCUT2D eigenvalue weighted by Gasteiger charge is -2.29. The van der Waals surface area contributed by atoms with Gasteiger partial charge in [0, 0.05) is 43.7 Å². The van der Waals surface area contributed by atoms with Gasteiger partial charge in [-0.15, -0.1) is 0 Å². The summed E-state index contributed by atoms with van der Waals surface area (Å²) in [7, 11) is 1.63. The molecule has 1 aromatic carbocycles. The third-order valence-electron chi connectivity index (χ3n) is 5.29. The van der Waals surface area contributed by atoms with Gasteiger partial charge in [0.1, 0.15) is 17.3 Å². The minimum absolute atomic E-state index is 0.122. The van der Waals surface area contributed by atoms with Crippen LogP contribution in [0.4, 0.5) is 11.5 Å². The summed E-state index contributed by atoms with van der Waals surface area (Å²) in [5.41, 5.74) is 1.78. The topological polar surface area (TPSA) is 85.4 Å². The number of carbonyl (C=O) groups excluding carboxylic acids is 1. The Bertz CT molecular complexity index is 1010. The summed E-state index contributed by atoms with van der Waals surface area (Å²) in [5, 5.41) is 7.47. The number of aryl methyl sites for hydroxylation is 1. The number of hydrogen-bond acceptors (Lipinski definition) is 6. The summed E-state index contributed by atoms with van der Waals surface area (Å²) in [6.07, 6.45) is 4.32. The number of amides is 1. The molecule has 0 spiro atoms. The highest BCUT2D eigenvalue weighted by Crippen LogP contribution is 2.30. The first-order valence-electron chi connectivity index (χ1n) is 9.70. The van der Waals surface area contributed by atoms with Gasteiger partial charge in [-0.25, -0.2) is 4.98 Å². The molecule has 0 fully saturated rings. The minimum atomic E-state index is -0.140. The molecule has 152 valence electrons. The van der Waals surface area contributed by atoms with Crippen molar-refractivity contribution in [2.24, 2.45) is 5.92 Å². The van der Waals surface area contributed by atoms with Gasteiger partial charge < -0.3 is 24.0 Å². The lowest BCUT2D eigenvalue weighted by atomic mass is 10.0. The van der Waals surface area contributed by atoms with Crippen LogP contribution in [0.1, 0.15) is 24.1 Å². The van der Waals surface area contributed by atoms with Gasteiger partial charge in [-0.1, -0.05) is 18.1 Å². The van der Waals surface area contributed by atoms with Crippen molar-refractivity contribution in [2.75, 3.05) is 19.0 Å². The number of nitrogens with zero attached hydrogens (tertiary/aromatic N) is 4. The molecule has 0 radical (unpaired) electrons. The van der Waals surface area contributed by atoms with E-state index in [1.807, 2.05) is 53.8 Å². The summed E-state index contributed by atoms with van der Waals surface area (Å²) < 4.78 is 12.8. The first-order chi connectivity index (χ1) is 14.0. The Balaban J connectivity index is 1.47. The fourth-order valence-corrected chi connectivity index (χ4v) is 3.61. The number of rotatable bonds is 6. The maximum Gasteiger partial charge on any atom is 0.227 e. The average Bonchev–Trinajstić information content (AvgIpc) is 3.33. The highest BCUT2D eigenvalue weighted by molar-refractivity contribution is 5.79. The molecule has 3 aromatic rings. The maximum absolute atomic E-state index is 13.0. The predicted molar refractivity (Wildman–Crippen MR) is 108 cm³/mol. The number of anilines is 2. The quantitative estimate of drug-likeness (QED) is 0.690. The Labute approximate surface area is 169 Å². The summed E-state index contributed by atoms with van der Waals surface area (Å²) in [6, 6.07) is 7.61. The number of nitrogens with one attached hydrogen (secondary N) is 1. The number of fused-ring (bicyclic) bond motifs is 1. The van der Waals surface area contributed by atoms with Crippen molar-refractivity contribution in [3.05, 3.63) is 53.8 Å². The van der Waals surface area contributed by atoms with Crippen LogP contribution in [0.2, 0.25) is 0 Å². The first kappa shape index (κ1) is 19.0. The molecule has 1 aliphatic heterocycles. The van der Waals surface area contributed by atoms with Crippen LogP contribution >= 0.6 is 0 Å². The summed E-state index contributed by atoms with van der Waals surface area (Å²) >= 11 is 0. The molecule has 8 nitrogen and oxygen atoms in total. The van der Waals surface area contributed by atoms with E-state index in [-0.39, 0.29) is 11.8 Å². The lowest BCUT2D eigenvalue weighted by molar-refractivity contribution is -0.136. The standard InChI is InChI=1S/C21H25N5O3/c1-14(12-25-10-8-22-15(25)2)21(27)26-9-7-19-18(13-26)20(24-29-19)23-16-5-4-6-17(11-16)28-3/h4-6,8,10-11,14H,7,9,12-13H2,1-3H3,(H,23,24). The number of carbonyl (C=O) groups is 1. The Morgan fingerprint density at radius 2 is 2.28 bits per heavy atom. The Hall–Kier alpha value is -3.29. The molecular formula is C21H25N5O3. The second-order valence-electron chi connectivity index (χ2n) is 7.33. The molecule has 3 heterocycles. The summed E-state index contributed by atoms with van der Waals surface area (Å²) in [4.78, 5) is 19.1. The van der Waals surface area contributed by atoms with E-state index >= 15 is 0 Å². The molecule has 1 unspecified atom stereocenters. The van der Waals surface area contributed by atoms with Gasteiger partial charge in [0.2, 0.25) is 5.91 Å². The van der Waals surface area contributed by atoms with E-state index in [4.69, 9.17) is 9.26 Å². The van der Waals surface area contributed by atoms with E-state index in [2.05, 4.69) is 15.5 Å². The normalized spacial score (nSPS) is 14.4. The van der Waals surface area contributed by atoms with E-state index in [1.165, 1.54) is 0 Å². The van der Waals surface area contributed by atoms with Crippen molar-refractivity contribution < 1.29 is 14.1 Å². The summed E-state index contributed by atoms with van der Waals surface area (Å²) in [6.45, 7) is 5.63. The molecule has 0 saturated heterocycles. The molecule has 0 bridgehead atoms. The van der Waals surface area contributed by atoms with Crippen molar-refractivity contribution in [2.45, 2.75) is 33.4 Å². The van der Waals surface area contributed by atoms with E-state index in [0.717, 1.165) is 28.6 Å². The molecule has 1 aliphatic rings. The van der Waals surface area contributed by atoms with Crippen LogP contribution in [-0.2, 0) is 24.3 Å². The molecule has 1 amide bonds. The number of imidazole rings is 1. The van der Waals surface area contributed by atoms with E-state index in [0.29, 0.717) is 31.9 Å². The lowest BCUT2D eigenvalue weighted by Crippen LogP contribution is -2.40. The third kappa shape index (κ3) is 3.96. The predicted octanol–water partition coefficient (Wildman–Crippen LogP) is 3.15. The Kier molecular flexibility index (Phi) is 5.24.